The van der Waals surface area contributed by atoms with E-state index in [0.29, 0.717) is 39.4 Å². The number of hydrogen-bond donors (Lipinski definition) is 1. The molecule has 2 aliphatic rings. The molecule has 0 aromatic heterocycles. The van der Waals surface area contributed by atoms with Crippen molar-refractivity contribution in [1.82, 2.24) is 20.0 Å². The van der Waals surface area contributed by atoms with Crippen LogP contribution < -0.4 is 14.8 Å². The third-order valence-electron chi connectivity index (χ3n) is 5.55. The summed E-state index contributed by atoms with van der Waals surface area (Å²) in [6.45, 7) is 9.19. The highest BCUT2D eigenvalue weighted by Gasteiger charge is 2.24. The molecular formula is C22H35N5O4. The Kier molecular flexibility index (Phi) is 8.78. The van der Waals surface area contributed by atoms with Gasteiger partial charge in [0.25, 0.3) is 0 Å². The van der Waals surface area contributed by atoms with Crippen LogP contribution in [0.5, 0.6) is 11.5 Å². The van der Waals surface area contributed by atoms with E-state index >= 15 is 0 Å². The van der Waals surface area contributed by atoms with Gasteiger partial charge in [0.2, 0.25) is 5.91 Å². The lowest BCUT2D eigenvalue weighted by molar-refractivity contribution is -0.136. The summed E-state index contributed by atoms with van der Waals surface area (Å²) in [4.78, 5) is 23.2. The largest absolute Gasteiger partial charge is 0.497 e. The zero-order valence-corrected chi connectivity index (χ0v) is 18.9. The lowest BCUT2D eigenvalue weighted by atomic mass is 10.3. The van der Waals surface area contributed by atoms with Gasteiger partial charge >= 0.3 is 0 Å². The van der Waals surface area contributed by atoms with Gasteiger partial charge in [-0.3, -0.25) is 14.7 Å². The Morgan fingerprint density at radius 3 is 2.32 bits per heavy atom. The molecule has 0 bridgehead atoms. The number of aliphatic imine (C=N–C) groups is 1. The summed E-state index contributed by atoms with van der Waals surface area (Å²) in [6, 6.07) is 7.58. The molecule has 9 heteroatoms. The summed E-state index contributed by atoms with van der Waals surface area (Å²) in [5.41, 5.74) is 0. The van der Waals surface area contributed by atoms with Crippen molar-refractivity contribution >= 4 is 11.9 Å². The molecule has 3 rings (SSSR count). The van der Waals surface area contributed by atoms with Crippen LogP contribution in [-0.4, -0.2) is 112 Å². The third-order valence-corrected chi connectivity index (χ3v) is 5.55. The maximum Gasteiger partial charge on any atom is 0.236 e. The summed E-state index contributed by atoms with van der Waals surface area (Å²) in [5, 5.41) is 3.41. The van der Waals surface area contributed by atoms with E-state index in [0.717, 1.165) is 43.6 Å². The first-order valence-electron chi connectivity index (χ1n) is 10.9. The molecule has 2 saturated heterocycles. The first kappa shape index (κ1) is 23.1. The van der Waals surface area contributed by atoms with Crippen molar-refractivity contribution in [3.8, 4) is 11.5 Å². The van der Waals surface area contributed by atoms with E-state index in [-0.39, 0.29) is 12.0 Å². The molecule has 2 heterocycles. The number of methoxy groups -OCH3 is 1. The van der Waals surface area contributed by atoms with Crippen molar-refractivity contribution < 1.29 is 19.0 Å². The van der Waals surface area contributed by atoms with Crippen LogP contribution in [0.3, 0.4) is 0 Å². The SMILES string of the molecule is CN=C(NCC(C)Oc1ccc(OC)cc1)N1CCN(CC(=O)N2CCOCC2)CC1. The summed E-state index contributed by atoms with van der Waals surface area (Å²) in [7, 11) is 3.45. The van der Waals surface area contributed by atoms with Crippen LogP contribution in [0.25, 0.3) is 0 Å². The summed E-state index contributed by atoms with van der Waals surface area (Å²) in [6.07, 6.45) is -0.0161. The number of amides is 1. The Hall–Kier alpha value is -2.52. The van der Waals surface area contributed by atoms with Crippen molar-refractivity contribution in [2.24, 2.45) is 4.99 Å². The van der Waals surface area contributed by atoms with Gasteiger partial charge in [0.15, 0.2) is 5.96 Å². The average Bonchev–Trinajstić information content (AvgIpc) is 2.81. The van der Waals surface area contributed by atoms with Gasteiger partial charge in [-0.05, 0) is 31.2 Å². The number of hydrogen-bond acceptors (Lipinski definition) is 6. The molecule has 9 nitrogen and oxygen atoms in total. The van der Waals surface area contributed by atoms with Crippen LogP contribution in [0.2, 0.25) is 0 Å². The van der Waals surface area contributed by atoms with Crippen LogP contribution in [-0.2, 0) is 9.53 Å². The average molecular weight is 434 g/mol. The van der Waals surface area contributed by atoms with Crippen molar-refractivity contribution in [3.63, 3.8) is 0 Å². The van der Waals surface area contributed by atoms with E-state index in [9.17, 15) is 4.79 Å². The lowest BCUT2D eigenvalue weighted by Crippen LogP contribution is -2.55. The number of ether oxygens (including phenoxy) is 3. The normalized spacial score (nSPS) is 19.1. The molecule has 0 spiro atoms. The van der Waals surface area contributed by atoms with Crippen molar-refractivity contribution in [1.29, 1.82) is 0 Å². The maximum atomic E-state index is 12.5. The Labute approximate surface area is 184 Å². The number of morpholine rings is 1. The molecule has 1 N–H and O–H groups in total. The first-order valence-corrected chi connectivity index (χ1v) is 10.9. The molecule has 0 aliphatic carbocycles. The standard InChI is InChI=1S/C22H35N5O4/c1-18(31-20-6-4-19(29-3)5-7-20)16-24-22(23-2)27-10-8-25(9-11-27)17-21(28)26-12-14-30-15-13-26/h4-7,18H,8-17H2,1-3H3,(H,23,24). The van der Waals surface area contributed by atoms with Gasteiger partial charge in [0.1, 0.15) is 17.6 Å². The van der Waals surface area contributed by atoms with Gasteiger partial charge in [0.05, 0.1) is 33.4 Å². The summed E-state index contributed by atoms with van der Waals surface area (Å²) >= 11 is 0. The highest BCUT2D eigenvalue weighted by Crippen LogP contribution is 2.18. The molecule has 2 fully saturated rings. The lowest BCUT2D eigenvalue weighted by Gasteiger charge is -2.37. The molecule has 1 atom stereocenters. The fourth-order valence-corrected chi connectivity index (χ4v) is 3.72. The van der Waals surface area contributed by atoms with E-state index in [1.54, 1.807) is 14.2 Å². The van der Waals surface area contributed by atoms with Crippen LogP contribution in [0, 0.1) is 0 Å². The predicted octanol–water partition coefficient (Wildman–Crippen LogP) is 0.514. The number of rotatable bonds is 7. The second-order valence-electron chi connectivity index (χ2n) is 7.79. The second-order valence-corrected chi connectivity index (χ2v) is 7.79. The number of guanidine groups is 1. The zero-order valence-electron chi connectivity index (χ0n) is 18.9. The van der Waals surface area contributed by atoms with Crippen LogP contribution in [0.4, 0.5) is 0 Å². The summed E-state index contributed by atoms with van der Waals surface area (Å²) < 4.78 is 16.5. The van der Waals surface area contributed by atoms with E-state index < -0.39 is 0 Å². The number of benzene rings is 1. The van der Waals surface area contributed by atoms with Gasteiger partial charge in [-0.1, -0.05) is 0 Å². The Bertz CT molecular complexity index is 713. The number of carbonyl (C=O) groups is 1. The Morgan fingerprint density at radius 1 is 1.06 bits per heavy atom. The fourth-order valence-electron chi connectivity index (χ4n) is 3.72. The third kappa shape index (κ3) is 7.00. The Morgan fingerprint density at radius 2 is 1.71 bits per heavy atom. The quantitative estimate of drug-likeness (QED) is 0.496. The zero-order chi connectivity index (χ0) is 22.1. The number of piperazine rings is 1. The minimum atomic E-state index is -0.0161. The van der Waals surface area contributed by atoms with Crippen molar-refractivity contribution in [2.45, 2.75) is 13.0 Å². The highest BCUT2D eigenvalue weighted by atomic mass is 16.5. The number of nitrogens with one attached hydrogen (secondary N) is 1. The van der Waals surface area contributed by atoms with Crippen LogP contribution in [0.1, 0.15) is 6.92 Å². The van der Waals surface area contributed by atoms with Crippen molar-refractivity contribution in [3.05, 3.63) is 24.3 Å². The molecule has 1 amide bonds. The van der Waals surface area contributed by atoms with Gasteiger partial charge in [0, 0.05) is 46.3 Å². The molecule has 0 saturated carbocycles. The van der Waals surface area contributed by atoms with Gasteiger partial charge in [-0.15, -0.1) is 0 Å². The highest BCUT2D eigenvalue weighted by molar-refractivity contribution is 5.80. The molecule has 0 radical (unpaired) electrons. The van der Waals surface area contributed by atoms with Crippen LogP contribution in [0.15, 0.2) is 29.3 Å². The molecular weight excluding hydrogens is 398 g/mol. The van der Waals surface area contributed by atoms with Gasteiger partial charge in [-0.2, -0.15) is 0 Å². The smallest absolute Gasteiger partial charge is 0.236 e. The predicted molar refractivity (Wildman–Crippen MR) is 120 cm³/mol. The molecule has 172 valence electrons. The number of nitrogens with zero attached hydrogens (tertiary/aromatic N) is 4. The van der Waals surface area contributed by atoms with E-state index in [1.165, 1.54) is 0 Å². The molecule has 1 unspecified atom stereocenters. The van der Waals surface area contributed by atoms with Gasteiger partial charge < -0.3 is 29.3 Å². The maximum absolute atomic E-state index is 12.5. The van der Waals surface area contributed by atoms with Crippen LogP contribution >= 0.6 is 0 Å². The fraction of sp³-hybridized carbons (Fsp3) is 0.636. The molecule has 1 aromatic rings. The monoisotopic (exact) mass is 433 g/mol. The van der Waals surface area contributed by atoms with E-state index in [1.807, 2.05) is 36.1 Å². The molecule has 31 heavy (non-hydrogen) atoms. The summed E-state index contributed by atoms with van der Waals surface area (Å²) in [5.74, 6) is 2.68. The van der Waals surface area contributed by atoms with E-state index in [2.05, 4.69) is 20.1 Å². The second kappa shape index (κ2) is 11.8. The minimum Gasteiger partial charge on any atom is -0.497 e. The van der Waals surface area contributed by atoms with E-state index in [4.69, 9.17) is 14.2 Å². The van der Waals surface area contributed by atoms with Gasteiger partial charge in [-0.25, -0.2) is 0 Å². The molecule has 2 aliphatic heterocycles. The van der Waals surface area contributed by atoms with Crippen molar-refractivity contribution in [2.75, 3.05) is 79.7 Å². The molecule has 1 aromatic carbocycles. The Balaban J connectivity index is 1.38. The first-order chi connectivity index (χ1) is 15.1. The number of carbonyl (C=O) groups excluding carboxylic acids is 1. The topological polar surface area (TPSA) is 78.9 Å². The minimum absolute atomic E-state index is 0.0161.